The van der Waals surface area contributed by atoms with Gasteiger partial charge in [0, 0.05) is 6.07 Å². The van der Waals surface area contributed by atoms with Gasteiger partial charge in [-0.2, -0.15) is 0 Å². The Labute approximate surface area is 139 Å². The summed E-state index contributed by atoms with van der Waals surface area (Å²) >= 11 is 0. The third-order valence-electron chi connectivity index (χ3n) is 4.41. The largest absolute Gasteiger partial charge is 0.497 e. The normalized spacial score (nSPS) is 15.0. The number of hydrogen-bond acceptors (Lipinski definition) is 6. The van der Waals surface area contributed by atoms with E-state index >= 15 is 0 Å². The Morgan fingerprint density at radius 1 is 1.17 bits per heavy atom. The first-order valence-corrected chi connectivity index (χ1v) is 8.07. The van der Waals surface area contributed by atoms with E-state index in [0.717, 1.165) is 24.2 Å². The van der Waals surface area contributed by atoms with Gasteiger partial charge in [-0.3, -0.25) is 0 Å². The molecule has 0 radical (unpaired) electrons. The molecule has 7 heteroatoms. The van der Waals surface area contributed by atoms with E-state index in [2.05, 4.69) is 15.1 Å². The Balaban J connectivity index is 1.79. The summed E-state index contributed by atoms with van der Waals surface area (Å²) in [6.07, 6.45) is 6.08. The Kier molecular flexibility index (Phi) is 3.68. The minimum atomic E-state index is 0.337. The lowest BCUT2D eigenvalue weighted by molar-refractivity contribution is 0.402. The number of fused-ring (bicyclic) bond motifs is 1. The highest BCUT2D eigenvalue weighted by atomic mass is 16.5. The van der Waals surface area contributed by atoms with Gasteiger partial charge in [-0.05, 0) is 25.0 Å². The molecule has 0 amide bonds. The maximum absolute atomic E-state index is 6.07. The second-order valence-electron chi connectivity index (χ2n) is 5.93. The SMILES string of the molecule is COc1cccc(Oc2nn(C3CCCC3)c3ncnc(N)c23)c1. The first kappa shape index (κ1) is 14.7. The maximum Gasteiger partial charge on any atom is 0.251 e. The fourth-order valence-electron chi connectivity index (χ4n) is 3.21. The average Bonchev–Trinajstić information content (AvgIpc) is 3.24. The number of nitrogen functional groups attached to an aromatic ring is 1. The minimum absolute atomic E-state index is 0.337. The summed E-state index contributed by atoms with van der Waals surface area (Å²) in [5, 5.41) is 5.31. The van der Waals surface area contributed by atoms with E-state index < -0.39 is 0 Å². The molecule has 3 aromatic rings. The predicted octanol–water partition coefficient (Wildman–Crippen LogP) is 3.32. The van der Waals surface area contributed by atoms with Crippen LogP contribution in [0.5, 0.6) is 17.4 Å². The van der Waals surface area contributed by atoms with E-state index in [-0.39, 0.29) is 0 Å². The highest BCUT2D eigenvalue weighted by molar-refractivity contribution is 5.90. The van der Waals surface area contributed by atoms with Crippen molar-refractivity contribution in [1.29, 1.82) is 0 Å². The molecule has 7 nitrogen and oxygen atoms in total. The van der Waals surface area contributed by atoms with Crippen molar-refractivity contribution in [2.24, 2.45) is 0 Å². The first-order chi connectivity index (χ1) is 11.8. The molecule has 1 aliphatic carbocycles. The number of ether oxygens (including phenoxy) is 2. The van der Waals surface area contributed by atoms with Crippen LogP contribution in [0.1, 0.15) is 31.7 Å². The van der Waals surface area contributed by atoms with Crippen molar-refractivity contribution >= 4 is 16.9 Å². The van der Waals surface area contributed by atoms with Crippen LogP contribution in [0.4, 0.5) is 5.82 Å². The molecule has 0 atom stereocenters. The Hall–Kier alpha value is -2.83. The van der Waals surface area contributed by atoms with Crippen LogP contribution in [-0.4, -0.2) is 26.9 Å². The number of nitrogens with two attached hydrogens (primary N) is 1. The number of benzene rings is 1. The smallest absolute Gasteiger partial charge is 0.251 e. The summed E-state index contributed by atoms with van der Waals surface area (Å²) in [6.45, 7) is 0. The van der Waals surface area contributed by atoms with Gasteiger partial charge in [0.15, 0.2) is 5.65 Å². The highest BCUT2D eigenvalue weighted by Crippen LogP contribution is 2.37. The Bertz CT molecular complexity index is 871. The standard InChI is InChI=1S/C17H19N5O2/c1-23-12-7-4-8-13(9-12)24-17-14-15(18)19-10-20-16(14)22(21-17)11-5-2-3-6-11/h4,7-11H,2-3,5-6H2,1H3,(H2,18,19,20). The molecule has 124 valence electrons. The van der Waals surface area contributed by atoms with Gasteiger partial charge in [0.1, 0.15) is 29.0 Å². The molecular weight excluding hydrogens is 306 g/mol. The highest BCUT2D eigenvalue weighted by Gasteiger charge is 2.25. The minimum Gasteiger partial charge on any atom is -0.497 e. The van der Waals surface area contributed by atoms with Crippen LogP contribution >= 0.6 is 0 Å². The van der Waals surface area contributed by atoms with Crippen LogP contribution in [0.25, 0.3) is 11.0 Å². The van der Waals surface area contributed by atoms with Crippen molar-refractivity contribution in [1.82, 2.24) is 19.7 Å². The molecule has 4 rings (SSSR count). The fourth-order valence-corrected chi connectivity index (χ4v) is 3.21. The van der Waals surface area contributed by atoms with Gasteiger partial charge >= 0.3 is 0 Å². The van der Waals surface area contributed by atoms with Gasteiger partial charge in [-0.25, -0.2) is 14.6 Å². The number of hydrogen-bond donors (Lipinski definition) is 1. The van der Waals surface area contributed by atoms with Crippen molar-refractivity contribution in [2.75, 3.05) is 12.8 Å². The lowest BCUT2D eigenvalue weighted by Crippen LogP contribution is -2.07. The number of nitrogens with zero attached hydrogens (tertiary/aromatic N) is 4. The summed E-state index contributed by atoms with van der Waals surface area (Å²) < 4.78 is 13.2. The van der Waals surface area contributed by atoms with Gasteiger partial charge in [0.2, 0.25) is 0 Å². The molecule has 0 aliphatic heterocycles. The van der Waals surface area contributed by atoms with Gasteiger partial charge < -0.3 is 15.2 Å². The molecule has 0 bridgehead atoms. The monoisotopic (exact) mass is 325 g/mol. The van der Waals surface area contributed by atoms with Crippen LogP contribution in [0.3, 0.4) is 0 Å². The van der Waals surface area contributed by atoms with Crippen LogP contribution in [0.15, 0.2) is 30.6 Å². The average molecular weight is 325 g/mol. The molecule has 1 fully saturated rings. The van der Waals surface area contributed by atoms with Crippen molar-refractivity contribution < 1.29 is 9.47 Å². The number of anilines is 1. The van der Waals surface area contributed by atoms with Gasteiger partial charge in [0.05, 0.1) is 13.2 Å². The van der Waals surface area contributed by atoms with Gasteiger partial charge in [-0.15, -0.1) is 5.10 Å². The van der Waals surface area contributed by atoms with E-state index in [1.165, 1.54) is 19.2 Å². The van der Waals surface area contributed by atoms with Crippen molar-refractivity contribution in [3.05, 3.63) is 30.6 Å². The molecular formula is C17H19N5O2. The summed E-state index contributed by atoms with van der Waals surface area (Å²) in [6, 6.07) is 7.72. The molecule has 1 saturated carbocycles. The van der Waals surface area contributed by atoms with Crippen LogP contribution in [0, 0.1) is 0 Å². The van der Waals surface area contributed by atoms with E-state index in [4.69, 9.17) is 15.2 Å². The van der Waals surface area contributed by atoms with Crippen LogP contribution < -0.4 is 15.2 Å². The molecule has 0 unspecified atom stereocenters. The molecule has 2 N–H and O–H groups in total. The van der Waals surface area contributed by atoms with Crippen molar-refractivity contribution in [3.8, 4) is 17.4 Å². The fraction of sp³-hybridized carbons (Fsp3) is 0.353. The Morgan fingerprint density at radius 2 is 1.96 bits per heavy atom. The second kappa shape index (κ2) is 5.99. The zero-order valence-corrected chi connectivity index (χ0v) is 13.5. The number of aromatic nitrogens is 4. The summed E-state index contributed by atoms with van der Waals surface area (Å²) in [5.41, 5.74) is 6.80. The zero-order valence-electron chi connectivity index (χ0n) is 13.5. The molecule has 1 aliphatic rings. The van der Waals surface area contributed by atoms with Crippen molar-refractivity contribution in [2.45, 2.75) is 31.7 Å². The summed E-state index contributed by atoms with van der Waals surface area (Å²) in [7, 11) is 1.62. The van der Waals surface area contributed by atoms with Crippen LogP contribution in [0.2, 0.25) is 0 Å². The molecule has 0 saturated heterocycles. The van der Waals surface area contributed by atoms with Gasteiger partial charge in [0.25, 0.3) is 5.88 Å². The molecule has 1 aromatic carbocycles. The lowest BCUT2D eigenvalue weighted by Gasteiger charge is -2.09. The maximum atomic E-state index is 6.07. The third-order valence-corrected chi connectivity index (χ3v) is 4.41. The molecule has 0 spiro atoms. The summed E-state index contributed by atoms with van der Waals surface area (Å²) in [4.78, 5) is 8.48. The molecule has 2 heterocycles. The summed E-state index contributed by atoms with van der Waals surface area (Å²) in [5.74, 6) is 2.16. The number of rotatable bonds is 4. The van der Waals surface area contributed by atoms with E-state index in [0.29, 0.717) is 28.9 Å². The Morgan fingerprint density at radius 3 is 2.75 bits per heavy atom. The quantitative estimate of drug-likeness (QED) is 0.791. The first-order valence-electron chi connectivity index (χ1n) is 8.07. The van der Waals surface area contributed by atoms with E-state index in [1.807, 2.05) is 22.9 Å². The van der Waals surface area contributed by atoms with Crippen LogP contribution in [-0.2, 0) is 0 Å². The predicted molar refractivity (Wildman–Crippen MR) is 90.3 cm³/mol. The molecule has 24 heavy (non-hydrogen) atoms. The number of methoxy groups -OCH3 is 1. The van der Waals surface area contributed by atoms with E-state index in [1.54, 1.807) is 13.2 Å². The third kappa shape index (κ3) is 2.51. The van der Waals surface area contributed by atoms with Crippen molar-refractivity contribution in [3.63, 3.8) is 0 Å². The zero-order chi connectivity index (χ0) is 16.5. The molecule has 2 aromatic heterocycles. The lowest BCUT2D eigenvalue weighted by atomic mass is 10.2. The van der Waals surface area contributed by atoms with E-state index in [9.17, 15) is 0 Å². The van der Waals surface area contributed by atoms with Gasteiger partial charge in [-0.1, -0.05) is 18.9 Å². The second-order valence-corrected chi connectivity index (χ2v) is 5.93. The topological polar surface area (TPSA) is 88.1 Å².